The number of aromatic nitrogens is 1. The summed E-state index contributed by atoms with van der Waals surface area (Å²) in [4.78, 5) is 18.7. The summed E-state index contributed by atoms with van der Waals surface area (Å²) in [5, 5.41) is 20.4. The average molecular weight is 437 g/mol. The van der Waals surface area contributed by atoms with Crippen molar-refractivity contribution in [2.75, 3.05) is 18.0 Å². The molecule has 1 fully saturated rings. The number of allylic oxidation sites excluding steroid dienone is 3. The predicted octanol–water partition coefficient (Wildman–Crippen LogP) is 2.93. The minimum absolute atomic E-state index is 0.136. The second kappa shape index (κ2) is 9.13. The highest BCUT2D eigenvalue weighted by Gasteiger charge is 2.35. The van der Waals surface area contributed by atoms with E-state index in [0.29, 0.717) is 53.5 Å². The molecule has 0 radical (unpaired) electrons. The van der Waals surface area contributed by atoms with Crippen molar-refractivity contribution in [3.8, 4) is 12.1 Å². The smallest absolute Gasteiger partial charge is 0.219 e. The van der Waals surface area contributed by atoms with Gasteiger partial charge in [0.05, 0.1) is 15.9 Å². The van der Waals surface area contributed by atoms with Crippen LogP contribution in [0.2, 0.25) is 0 Å². The van der Waals surface area contributed by atoms with Crippen LogP contribution in [0.25, 0.3) is 0 Å². The van der Waals surface area contributed by atoms with E-state index in [4.69, 9.17) is 16.5 Å². The molecule has 1 aliphatic heterocycles. The van der Waals surface area contributed by atoms with Crippen LogP contribution >= 0.6 is 11.8 Å². The zero-order valence-electron chi connectivity index (χ0n) is 18.0. The van der Waals surface area contributed by atoms with Crippen LogP contribution in [0.5, 0.6) is 0 Å². The van der Waals surface area contributed by atoms with E-state index in [9.17, 15) is 15.3 Å². The number of piperidine rings is 1. The van der Waals surface area contributed by atoms with Crippen molar-refractivity contribution in [1.29, 1.82) is 10.5 Å². The first-order chi connectivity index (χ1) is 14.7. The number of carbonyl (C=O) groups excluding carboxylic acids is 1. The number of carbonyl (C=O) groups is 1. The van der Waals surface area contributed by atoms with Crippen molar-refractivity contribution in [1.82, 2.24) is 4.98 Å². The van der Waals surface area contributed by atoms with E-state index in [1.54, 1.807) is 0 Å². The lowest BCUT2D eigenvalue weighted by Crippen LogP contribution is -2.48. The molecule has 1 aliphatic carbocycles. The predicted molar refractivity (Wildman–Crippen MR) is 122 cm³/mol. The highest BCUT2D eigenvalue weighted by atomic mass is 32.2. The molecule has 1 amide bonds. The highest BCUT2D eigenvalue weighted by Crippen LogP contribution is 2.44. The van der Waals surface area contributed by atoms with Crippen molar-refractivity contribution in [3.05, 3.63) is 41.0 Å². The second-order valence-electron chi connectivity index (χ2n) is 8.49. The Labute approximate surface area is 187 Å². The van der Waals surface area contributed by atoms with Crippen LogP contribution in [0.4, 0.5) is 5.82 Å². The van der Waals surface area contributed by atoms with Crippen molar-refractivity contribution in [3.63, 3.8) is 0 Å². The van der Waals surface area contributed by atoms with Gasteiger partial charge in [-0.3, -0.25) is 4.79 Å². The van der Waals surface area contributed by atoms with Gasteiger partial charge in [-0.05, 0) is 38.2 Å². The fourth-order valence-electron chi connectivity index (χ4n) is 4.09. The van der Waals surface area contributed by atoms with Gasteiger partial charge in [0, 0.05) is 25.0 Å². The summed E-state index contributed by atoms with van der Waals surface area (Å²) < 4.78 is -0.604. The fraction of sp³-hybridized carbons (Fsp3) is 0.478. The molecule has 1 saturated heterocycles. The van der Waals surface area contributed by atoms with Crippen molar-refractivity contribution in [2.24, 2.45) is 11.5 Å². The van der Waals surface area contributed by atoms with Crippen molar-refractivity contribution in [2.45, 2.75) is 61.3 Å². The van der Waals surface area contributed by atoms with Crippen molar-refractivity contribution >= 4 is 23.5 Å². The van der Waals surface area contributed by atoms with Crippen molar-refractivity contribution < 1.29 is 4.79 Å². The summed E-state index contributed by atoms with van der Waals surface area (Å²) in [6.45, 7) is 5.37. The Hall–Kier alpha value is -2.81. The van der Waals surface area contributed by atoms with E-state index in [0.717, 1.165) is 12.8 Å². The molecule has 162 valence electrons. The number of amides is 1. The van der Waals surface area contributed by atoms with Crippen LogP contribution in [0.1, 0.15) is 56.2 Å². The lowest BCUT2D eigenvalue weighted by Gasteiger charge is -2.38. The van der Waals surface area contributed by atoms with Crippen LogP contribution in [0.3, 0.4) is 0 Å². The molecule has 7 nitrogen and oxygen atoms in total. The van der Waals surface area contributed by atoms with Gasteiger partial charge >= 0.3 is 0 Å². The van der Waals surface area contributed by atoms with Gasteiger partial charge in [-0.15, -0.1) is 0 Å². The molecule has 2 heterocycles. The number of hydrogen-bond donors (Lipinski definition) is 2. The Balaban J connectivity index is 2.10. The maximum atomic E-state index is 11.8. The highest BCUT2D eigenvalue weighted by molar-refractivity contribution is 8.00. The minimum Gasteiger partial charge on any atom is -0.370 e. The lowest BCUT2D eigenvalue weighted by atomic mass is 9.90. The first kappa shape index (κ1) is 22.9. The average Bonchev–Trinajstić information content (AvgIpc) is 2.72. The number of thioether (sulfide) groups is 1. The molecule has 8 heteroatoms. The van der Waals surface area contributed by atoms with Gasteiger partial charge in [0.1, 0.15) is 23.0 Å². The molecular formula is C23H28N6OS. The Morgan fingerprint density at radius 2 is 1.94 bits per heavy atom. The van der Waals surface area contributed by atoms with Gasteiger partial charge < -0.3 is 16.4 Å². The van der Waals surface area contributed by atoms with Gasteiger partial charge in [-0.1, -0.05) is 43.0 Å². The number of nitrogens with two attached hydrogens (primary N) is 2. The summed E-state index contributed by atoms with van der Waals surface area (Å²) in [7, 11) is 0. The molecule has 0 saturated carbocycles. The fourth-order valence-corrected chi connectivity index (χ4v) is 5.42. The first-order valence-electron chi connectivity index (χ1n) is 10.5. The van der Waals surface area contributed by atoms with Gasteiger partial charge in [0.15, 0.2) is 0 Å². The number of anilines is 1. The van der Waals surface area contributed by atoms with Crippen LogP contribution in [0.15, 0.2) is 29.3 Å². The van der Waals surface area contributed by atoms with Gasteiger partial charge in [0.2, 0.25) is 5.91 Å². The quantitative estimate of drug-likeness (QED) is 0.700. The van der Waals surface area contributed by atoms with Crippen LogP contribution in [-0.4, -0.2) is 34.3 Å². The molecule has 1 aromatic rings. The third-order valence-electron chi connectivity index (χ3n) is 5.91. The summed E-state index contributed by atoms with van der Waals surface area (Å²) in [5.74, 6) is 0.190. The van der Waals surface area contributed by atoms with Crippen LogP contribution < -0.4 is 16.4 Å². The number of nitriles is 2. The van der Waals surface area contributed by atoms with Gasteiger partial charge in [0.25, 0.3) is 0 Å². The zero-order chi connectivity index (χ0) is 22.6. The van der Waals surface area contributed by atoms with Crippen LogP contribution in [-0.2, 0) is 11.2 Å². The topological polar surface area (TPSA) is 133 Å². The van der Waals surface area contributed by atoms with Gasteiger partial charge in [-0.2, -0.15) is 10.5 Å². The third kappa shape index (κ3) is 4.92. The van der Waals surface area contributed by atoms with Crippen LogP contribution in [0, 0.1) is 22.7 Å². The largest absolute Gasteiger partial charge is 0.370 e. The maximum Gasteiger partial charge on any atom is 0.219 e. The zero-order valence-corrected chi connectivity index (χ0v) is 18.8. The van der Waals surface area contributed by atoms with E-state index in [1.807, 2.05) is 38.2 Å². The number of rotatable bonds is 6. The molecule has 0 bridgehead atoms. The normalized spacial score (nSPS) is 22.0. The Morgan fingerprint density at radius 1 is 1.26 bits per heavy atom. The Bertz CT molecular complexity index is 1010. The molecule has 0 aromatic carbocycles. The van der Waals surface area contributed by atoms with Gasteiger partial charge in [-0.25, -0.2) is 4.98 Å². The summed E-state index contributed by atoms with van der Waals surface area (Å²) >= 11 is 1.38. The molecule has 1 atom stereocenters. The molecule has 0 spiro atoms. The monoisotopic (exact) mass is 436 g/mol. The molecule has 31 heavy (non-hydrogen) atoms. The lowest BCUT2D eigenvalue weighted by molar-refractivity contribution is -0.118. The molecule has 4 N–H and O–H groups in total. The number of pyridine rings is 1. The van der Waals surface area contributed by atoms with E-state index in [1.165, 1.54) is 11.8 Å². The number of primary amides is 1. The Morgan fingerprint density at radius 3 is 2.45 bits per heavy atom. The molecule has 3 rings (SSSR count). The van der Waals surface area contributed by atoms with E-state index < -0.39 is 10.7 Å². The maximum absolute atomic E-state index is 11.8. The summed E-state index contributed by atoms with van der Waals surface area (Å²) in [6, 6.07) is 4.55. The minimum atomic E-state index is -0.604. The summed E-state index contributed by atoms with van der Waals surface area (Å²) in [5.41, 5.74) is 13.2. The molecule has 1 aromatic heterocycles. The number of nitrogens with zero attached hydrogens (tertiary/aromatic N) is 4. The first-order valence-corrected chi connectivity index (χ1v) is 11.3. The van der Waals surface area contributed by atoms with E-state index in [-0.39, 0.29) is 12.0 Å². The second-order valence-corrected chi connectivity index (χ2v) is 9.89. The number of hydrogen-bond acceptors (Lipinski definition) is 7. The van der Waals surface area contributed by atoms with E-state index in [2.05, 4.69) is 17.0 Å². The molecule has 2 aliphatic rings. The molecular weight excluding hydrogens is 408 g/mol. The van der Waals surface area contributed by atoms with E-state index >= 15 is 0 Å². The third-order valence-corrected chi connectivity index (χ3v) is 7.26. The summed E-state index contributed by atoms with van der Waals surface area (Å²) in [6.07, 6.45) is 10.6. The molecule has 1 unspecified atom stereocenters. The Kier molecular flexibility index (Phi) is 6.74. The standard InChI is InChI=1S/C23H28N6OS/c1-3-16-17(14-24)20(29-11-9-22(2,27)10-12-29)28-21(18(16)15-25)31-23(13-19(26)30)7-5-4-6-8-23/h4-7H,3,8-13,27H2,1-2H3,(H2,26,30). The SMILES string of the molecule is CCc1c(C#N)c(SC2(CC(N)=O)C=CC=CC2)nc(N2CCC(C)(N)CC2)c1C#N.